The standard InChI is InChI=1S/C12H16BrNO3/c1-3-17-12(15)7-11(14)9-6-8(16-2)4-5-10(9)13/h4-6,11H,3,7,14H2,1-2H3/t11-/m0/s1. The lowest BCUT2D eigenvalue weighted by atomic mass is 10.0. The Bertz CT molecular complexity index is 395. The van der Waals surface area contributed by atoms with Gasteiger partial charge in [0.25, 0.3) is 0 Å². The van der Waals surface area contributed by atoms with Crippen molar-refractivity contribution in [3.8, 4) is 5.75 Å². The zero-order valence-corrected chi connectivity index (χ0v) is 11.5. The van der Waals surface area contributed by atoms with Gasteiger partial charge in [-0.1, -0.05) is 15.9 Å². The van der Waals surface area contributed by atoms with E-state index in [9.17, 15) is 4.79 Å². The van der Waals surface area contributed by atoms with Crippen molar-refractivity contribution < 1.29 is 14.3 Å². The van der Waals surface area contributed by atoms with E-state index >= 15 is 0 Å². The molecule has 17 heavy (non-hydrogen) atoms. The van der Waals surface area contributed by atoms with Crippen LogP contribution in [0.2, 0.25) is 0 Å². The average Bonchev–Trinajstić information content (AvgIpc) is 2.29. The zero-order valence-electron chi connectivity index (χ0n) is 9.90. The van der Waals surface area contributed by atoms with Crippen molar-refractivity contribution in [3.63, 3.8) is 0 Å². The molecule has 0 aliphatic carbocycles. The molecule has 0 aromatic heterocycles. The molecule has 0 spiro atoms. The maximum Gasteiger partial charge on any atom is 0.307 e. The van der Waals surface area contributed by atoms with Crippen molar-refractivity contribution >= 4 is 21.9 Å². The summed E-state index contributed by atoms with van der Waals surface area (Å²) in [5, 5.41) is 0. The highest BCUT2D eigenvalue weighted by molar-refractivity contribution is 9.10. The van der Waals surface area contributed by atoms with Gasteiger partial charge in [0.05, 0.1) is 20.1 Å². The molecule has 2 N–H and O–H groups in total. The van der Waals surface area contributed by atoms with Crippen molar-refractivity contribution in [2.75, 3.05) is 13.7 Å². The van der Waals surface area contributed by atoms with Crippen LogP contribution in [0.15, 0.2) is 22.7 Å². The van der Waals surface area contributed by atoms with E-state index in [1.54, 1.807) is 14.0 Å². The van der Waals surface area contributed by atoms with E-state index in [1.807, 2.05) is 18.2 Å². The number of benzene rings is 1. The summed E-state index contributed by atoms with van der Waals surface area (Å²) < 4.78 is 10.8. The Morgan fingerprint density at radius 3 is 2.82 bits per heavy atom. The Labute approximate surface area is 109 Å². The third-order valence-electron chi connectivity index (χ3n) is 2.29. The Hall–Kier alpha value is -1.07. The first-order valence-electron chi connectivity index (χ1n) is 5.33. The van der Waals surface area contributed by atoms with Gasteiger partial charge in [-0.3, -0.25) is 4.79 Å². The number of esters is 1. The molecule has 1 aromatic rings. The van der Waals surface area contributed by atoms with E-state index in [4.69, 9.17) is 15.2 Å². The predicted molar refractivity (Wildman–Crippen MR) is 68.9 cm³/mol. The van der Waals surface area contributed by atoms with E-state index in [1.165, 1.54) is 0 Å². The second-order valence-electron chi connectivity index (χ2n) is 3.50. The summed E-state index contributed by atoms with van der Waals surface area (Å²) in [6.07, 6.45) is 0.152. The lowest BCUT2D eigenvalue weighted by Crippen LogP contribution is -2.17. The van der Waals surface area contributed by atoms with Crippen LogP contribution in [0.3, 0.4) is 0 Å². The van der Waals surface area contributed by atoms with E-state index in [0.717, 1.165) is 10.0 Å². The third-order valence-corrected chi connectivity index (χ3v) is 3.02. The number of carbonyl (C=O) groups is 1. The van der Waals surface area contributed by atoms with Gasteiger partial charge in [-0.2, -0.15) is 0 Å². The number of halogens is 1. The first-order valence-corrected chi connectivity index (χ1v) is 6.12. The van der Waals surface area contributed by atoms with Crippen LogP contribution in [0.5, 0.6) is 5.75 Å². The lowest BCUT2D eigenvalue weighted by molar-refractivity contribution is -0.143. The quantitative estimate of drug-likeness (QED) is 0.849. The Kier molecular flexibility index (Phi) is 5.44. The van der Waals surface area contributed by atoms with Gasteiger partial charge in [0.15, 0.2) is 0 Å². The van der Waals surface area contributed by atoms with Crippen molar-refractivity contribution in [1.82, 2.24) is 0 Å². The summed E-state index contributed by atoms with van der Waals surface area (Å²) in [6.45, 7) is 2.13. The van der Waals surface area contributed by atoms with Gasteiger partial charge < -0.3 is 15.2 Å². The smallest absolute Gasteiger partial charge is 0.307 e. The SMILES string of the molecule is CCOC(=O)C[C@H](N)c1cc(OC)ccc1Br. The molecule has 5 heteroatoms. The fraction of sp³-hybridized carbons (Fsp3) is 0.417. The highest BCUT2D eigenvalue weighted by Gasteiger charge is 2.15. The largest absolute Gasteiger partial charge is 0.497 e. The van der Waals surface area contributed by atoms with Crippen LogP contribution in [0.25, 0.3) is 0 Å². The molecular weight excluding hydrogens is 286 g/mol. The summed E-state index contributed by atoms with van der Waals surface area (Å²) in [5.74, 6) is 0.414. The van der Waals surface area contributed by atoms with Crippen molar-refractivity contribution in [2.24, 2.45) is 5.73 Å². The molecule has 0 saturated heterocycles. The van der Waals surface area contributed by atoms with Crippen molar-refractivity contribution in [1.29, 1.82) is 0 Å². The van der Waals surface area contributed by atoms with E-state index in [0.29, 0.717) is 12.4 Å². The second kappa shape index (κ2) is 6.61. The van der Waals surface area contributed by atoms with E-state index < -0.39 is 6.04 Å². The number of carbonyl (C=O) groups excluding carboxylic acids is 1. The molecule has 0 radical (unpaired) electrons. The van der Waals surface area contributed by atoms with Crippen LogP contribution in [0, 0.1) is 0 Å². The minimum absolute atomic E-state index is 0.152. The molecule has 4 nitrogen and oxygen atoms in total. The van der Waals surface area contributed by atoms with Gasteiger partial charge in [-0.05, 0) is 30.7 Å². The molecule has 94 valence electrons. The third kappa shape index (κ3) is 4.02. The van der Waals surface area contributed by atoms with Gasteiger partial charge in [0, 0.05) is 10.5 Å². The van der Waals surface area contributed by atoms with Crippen LogP contribution >= 0.6 is 15.9 Å². The normalized spacial score (nSPS) is 12.0. The number of hydrogen-bond acceptors (Lipinski definition) is 4. The van der Waals surface area contributed by atoms with Gasteiger partial charge in [0.1, 0.15) is 5.75 Å². The summed E-state index contributed by atoms with van der Waals surface area (Å²) >= 11 is 3.40. The van der Waals surface area contributed by atoms with E-state index in [-0.39, 0.29) is 12.4 Å². The van der Waals surface area contributed by atoms with Crippen molar-refractivity contribution in [3.05, 3.63) is 28.2 Å². The summed E-state index contributed by atoms with van der Waals surface area (Å²) in [6, 6.07) is 5.08. The van der Waals surface area contributed by atoms with Gasteiger partial charge in [0.2, 0.25) is 0 Å². The molecule has 1 aromatic carbocycles. The molecule has 0 saturated carbocycles. The van der Waals surface area contributed by atoms with E-state index in [2.05, 4.69) is 15.9 Å². The first-order chi connectivity index (χ1) is 8.08. The number of methoxy groups -OCH3 is 1. The summed E-state index contributed by atoms with van der Waals surface area (Å²) in [5.41, 5.74) is 6.80. The molecular formula is C12H16BrNO3. The van der Waals surface area contributed by atoms with Crippen LogP contribution in [-0.4, -0.2) is 19.7 Å². The molecule has 1 atom stereocenters. The van der Waals surface area contributed by atoms with Crippen LogP contribution in [0.4, 0.5) is 0 Å². The minimum Gasteiger partial charge on any atom is -0.497 e. The second-order valence-corrected chi connectivity index (χ2v) is 4.36. The average molecular weight is 302 g/mol. The van der Waals surface area contributed by atoms with Crippen LogP contribution in [0.1, 0.15) is 24.9 Å². The molecule has 0 heterocycles. The molecule has 0 bridgehead atoms. The number of hydrogen-bond donors (Lipinski definition) is 1. The molecule has 0 unspecified atom stereocenters. The molecule has 0 aliphatic heterocycles. The Morgan fingerprint density at radius 1 is 1.53 bits per heavy atom. The fourth-order valence-corrected chi connectivity index (χ4v) is 1.98. The van der Waals surface area contributed by atoms with Crippen LogP contribution in [-0.2, 0) is 9.53 Å². The zero-order chi connectivity index (χ0) is 12.8. The molecule has 0 aliphatic rings. The van der Waals surface area contributed by atoms with Crippen LogP contribution < -0.4 is 10.5 Å². The maximum atomic E-state index is 11.3. The van der Waals surface area contributed by atoms with Gasteiger partial charge in [-0.25, -0.2) is 0 Å². The molecule has 1 rings (SSSR count). The highest BCUT2D eigenvalue weighted by Crippen LogP contribution is 2.28. The topological polar surface area (TPSA) is 61.5 Å². The fourth-order valence-electron chi connectivity index (χ4n) is 1.44. The first kappa shape index (κ1) is 14.0. The number of nitrogens with two attached hydrogens (primary N) is 1. The van der Waals surface area contributed by atoms with Crippen molar-refractivity contribution in [2.45, 2.75) is 19.4 Å². The predicted octanol–water partition coefficient (Wildman–Crippen LogP) is 2.41. The number of ether oxygens (including phenoxy) is 2. The molecule has 0 fully saturated rings. The number of rotatable bonds is 5. The summed E-state index contributed by atoms with van der Waals surface area (Å²) in [7, 11) is 1.59. The Balaban J connectivity index is 2.80. The monoisotopic (exact) mass is 301 g/mol. The maximum absolute atomic E-state index is 11.3. The van der Waals surface area contributed by atoms with Gasteiger partial charge in [-0.15, -0.1) is 0 Å². The lowest BCUT2D eigenvalue weighted by Gasteiger charge is -2.14. The van der Waals surface area contributed by atoms with Gasteiger partial charge >= 0.3 is 5.97 Å². The highest BCUT2D eigenvalue weighted by atomic mass is 79.9. The molecule has 0 amide bonds. The summed E-state index contributed by atoms with van der Waals surface area (Å²) in [4.78, 5) is 11.3. The minimum atomic E-state index is -0.404. The Morgan fingerprint density at radius 2 is 2.24 bits per heavy atom.